The highest BCUT2D eigenvalue weighted by Gasteiger charge is 2.31. The van der Waals surface area contributed by atoms with Crippen LogP contribution < -0.4 is 19.7 Å². The number of carbonyl (C=O) groups excluding carboxylic acids is 1. The highest BCUT2D eigenvalue weighted by atomic mass is 19.4. The Balaban J connectivity index is 1.55. The van der Waals surface area contributed by atoms with Crippen LogP contribution in [-0.2, 0) is 6.18 Å². The number of alkyl halides is 3. The summed E-state index contributed by atoms with van der Waals surface area (Å²) in [6.45, 7) is -0.651. The molecular weight excluding hydrogens is 471 g/mol. The van der Waals surface area contributed by atoms with Gasteiger partial charge in [-0.25, -0.2) is 9.78 Å². The Kier molecular flexibility index (Phi) is 7.00. The van der Waals surface area contributed by atoms with Crippen molar-refractivity contribution in [2.24, 2.45) is 0 Å². The molecule has 13 heteroatoms. The first-order chi connectivity index (χ1) is 16.7. The molecule has 2 aromatic heterocycles. The Morgan fingerprint density at radius 3 is 2.74 bits per heavy atom. The highest BCUT2D eigenvalue weighted by Crippen LogP contribution is 2.35. The van der Waals surface area contributed by atoms with Gasteiger partial charge in [-0.2, -0.15) is 18.2 Å². The van der Waals surface area contributed by atoms with Gasteiger partial charge in [0, 0.05) is 11.6 Å². The molecule has 3 aromatic rings. The van der Waals surface area contributed by atoms with Gasteiger partial charge in [0.15, 0.2) is 18.3 Å². The molecule has 0 unspecified atom stereocenters. The molecule has 2 amide bonds. The lowest BCUT2D eigenvalue weighted by atomic mass is 10.1. The summed E-state index contributed by atoms with van der Waals surface area (Å²) in [5.74, 6) is 0.680. The van der Waals surface area contributed by atoms with E-state index >= 15 is 0 Å². The number of rotatable bonds is 6. The summed E-state index contributed by atoms with van der Waals surface area (Å²) < 4.78 is 50.1. The first-order valence-corrected chi connectivity index (χ1v) is 10.3. The summed E-state index contributed by atoms with van der Waals surface area (Å²) in [7, 11) is 0. The lowest BCUT2D eigenvalue weighted by Crippen LogP contribution is -2.41. The third kappa shape index (κ3) is 5.77. The van der Waals surface area contributed by atoms with E-state index in [1.54, 1.807) is 12.1 Å². The van der Waals surface area contributed by atoms with Crippen molar-refractivity contribution in [1.29, 1.82) is 0 Å². The van der Waals surface area contributed by atoms with Gasteiger partial charge in [0.2, 0.25) is 5.88 Å². The van der Waals surface area contributed by atoms with Gasteiger partial charge in [-0.15, -0.1) is 5.06 Å². The first kappa shape index (κ1) is 24.2. The Bertz CT molecular complexity index is 1210. The van der Waals surface area contributed by atoms with Crippen molar-refractivity contribution in [3.8, 4) is 22.9 Å². The molecule has 0 saturated heterocycles. The largest absolute Gasteiger partial charge is 0.488 e. The second-order valence-corrected chi connectivity index (χ2v) is 7.31. The lowest BCUT2D eigenvalue weighted by Gasteiger charge is -2.28. The third-order valence-electron chi connectivity index (χ3n) is 4.88. The molecule has 1 aromatic carbocycles. The second-order valence-electron chi connectivity index (χ2n) is 7.31. The molecule has 0 bridgehead atoms. The van der Waals surface area contributed by atoms with Gasteiger partial charge in [0.05, 0.1) is 17.8 Å². The minimum Gasteiger partial charge on any atom is -0.488 e. The van der Waals surface area contributed by atoms with Gasteiger partial charge in [0.25, 0.3) is 0 Å². The van der Waals surface area contributed by atoms with Gasteiger partial charge in [-0.05, 0) is 30.3 Å². The van der Waals surface area contributed by atoms with Crippen molar-refractivity contribution in [2.75, 3.05) is 36.8 Å². The Hall–Kier alpha value is -3.94. The number of aliphatic hydroxyl groups excluding tert-OH is 1. The van der Waals surface area contributed by atoms with Crippen LogP contribution in [0.2, 0.25) is 0 Å². The maximum atomic E-state index is 13.1. The van der Waals surface area contributed by atoms with E-state index in [-0.39, 0.29) is 48.7 Å². The molecule has 0 fully saturated rings. The smallest absolute Gasteiger partial charge is 0.416 e. The molecule has 0 saturated carbocycles. The molecule has 35 heavy (non-hydrogen) atoms. The molecule has 10 nitrogen and oxygen atoms in total. The van der Waals surface area contributed by atoms with Gasteiger partial charge in [-0.1, -0.05) is 18.2 Å². The Morgan fingerprint density at radius 2 is 1.97 bits per heavy atom. The van der Waals surface area contributed by atoms with Crippen LogP contribution >= 0.6 is 0 Å². The van der Waals surface area contributed by atoms with Crippen LogP contribution in [0.15, 0.2) is 54.6 Å². The molecule has 184 valence electrons. The van der Waals surface area contributed by atoms with Crippen LogP contribution in [0.1, 0.15) is 5.56 Å². The number of nitrogens with zero attached hydrogens (tertiary/aromatic N) is 4. The number of aliphatic hydroxyl groups is 1. The lowest BCUT2D eigenvalue weighted by molar-refractivity contribution is -0.177. The van der Waals surface area contributed by atoms with E-state index in [0.717, 1.165) is 12.1 Å². The van der Waals surface area contributed by atoms with Crippen molar-refractivity contribution in [3.05, 3.63) is 60.2 Å². The van der Waals surface area contributed by atoms with Crippen LogP contribution in [0.4, 0.5) is 29.6 Å². The Labute approximate surface area is 197 Å². The van der Waals surface area contributed by atoms with Crippen molar-refractivity contribution >= 4 is 17.7 Å². The zero-order valence-electron chi connectivity index (χ0n) is 18.1. The number of urea groups is 1. The summed E-state index contributed by atoms with van der Waals surface area (Å²) >= 11 is 0. The van der Waals surface area contributed by atoms with Crippen LogP contribution in [0.5, 0.6) is 11.6 Å². The molecule has 1 aliphatic heterocycles. The molecule has 1 aliphatic rings. The predicted molar refractivity (Wildman–Crippen MR) is 117 cm³/mol. The van der Waals surface area contributed by atoms with Gasteiger partial charge >= 0.3 is 12.2 Å². The number of hydroxylamine groups is 2. The first-order valence-electron chi connectivity index (χ1n) is 10.3. The molecule has 4 rings (SSSR count). The molecule has 0 spiro atoms. The number of halogens is 3. The number of hydrogen-bond acceptors (Lipinski definition) is 8. The minimum absolute atomic E-state index is 0.0858. The maximum absolute atomic E-state index is 13.1. The van der Waals surface area contributed by atoms with Crippen molar-refractivity contribution < 1.29 is 37.8 Å². The van der Waals surface area contributed by atoms with Gasteiger partial charge < -0.3 is 19.8 Å². The summed E-state index contributed by atoms with van der Waals surface area (Å²) in [5, 5.41) is 21.1. The van der Waals surface area contributed by atoms with Crippen LogP contribution in [0.3, 0.4) is 0 Å². The maximum Gasteiger partial charge on any atom is 0.416 e. The number of fused-ring (bicyclic) bond motifs is 1. The van der Waals surface area contributed by atoms with Crippen molar-refractivity contribution in [1.82, 2.24) is 15.0 Å². The number of anilines is 2. The van der Waals surface area contributed by atoms with Crippen LogP contribution in [-0.4, -0.2) is 58.0 Å². The second kappa shape index (κ2) is 10.1. The topological polar surface area (TPSA) is 120 Å². The van der Waals surface area contributed by atoms with E-state index in [1.165, 1.54) is 35.2 Å². The average Bonchev–Trinajstić information content (AvgIpc) is 2.86. The highest BCUT2D eigenvalue weighted by molar-refractivity contribution is 6.02. The zero-order chi connectivity index (χ0) is 25.0. The average molecular weight is 491 g/mol. The summed E-state index contributed by atoms with van der Waals surface area (Å²) in [5.41, 5.74) is -0.332. The fraction of sp³-hybridized carbons (Fsp3) is 0.227. The quantitative estimate of drug-likeness (QED) is 0.354. The van der Waals surface area contributed by atoms with E-state index < -0.39 is 24.5 Å². The van der Waals surface area contributed by atoms with E-state index in [0.29, 0.717) is 10.8 Å². The van der Waals surface area contributed by atoms with Crippen molar-refractivity contribution in [2.45, 2.75) is 6.18 Å². The minimum atomic E-state index is -4.50. The summed E-state index contributed by atoms with van der Waals surface area (Å²) in [6, 6.07) is 11.8. The monoisotopic (exact) mass is 491 g/mol. The fourth-order valence-corrected chi connectivity index (χ4v) is 3.23. The van der Waals surface area contributed by atoms with Crippen LogP contribution in [0.25, 0.3) is 11.3 Å². The van der Waals surface area contributed by atoms with E-state index in [9.17, 15) is 23.2 Å². The molecule has 3 heterocycles. The standard InChI is InChI=1S/C22H20F3N5O5/c23-22(24,25)15-4-1-3-14(11-15)16-7-8-17-20(26-16)30(9-10-34-17)21(32)28-18-5-2-6-19(27-18)35-13-29(33)12-31/h1-8,11,31,33H,9-10,12-13H2,(H,27,28,32). The number of hydrogen-bond donors (Lipinski definition) is 3. The number of pyridine rings is 2. The SMILES string of the molecule is O=C(Nc1cccc(OCN(O)CO)n1)N1CCOc2ccc(-c3cccc(C(F)(F)F)c3)nc21. The van der Waals surface area contributed by atoms with Gasteiger partial charge in [0.1, 0.15) is 19.2 Å². The molecule has 3 N–H and O–H groups in total. The predicted octanol–water partition coefficient (Wildman–Crippen LogP) is 3.57. The summed E-state index contributed by atoms with van der Waals surface area (Å²) in [6.07, 6.45) is -4.50. The number of carbonyl (C=O) groups is 1. The number of aromatic nitrogens is 2. The zero-order valence-corrected chi connectivity index (χ0v) is 18.1. The third-order valence-corrected chi connectivity index (χ3v) is 4.88. The number of amides is 2. The van der Waals surface area contributed by atoms with Crippen LogP contribution in [0, 0.1) is 0 Å². The van der Waals surface area contributed by atoms with E-state index in [4.69, 9.17) is 14.6 Å². The molecule has 0 aliphatic carbocycles. The number of benzene rings is 1. The molecular formula is C22H20F3N5O5. The van der Waals surface area contributed by atoms with E-state index in [2.05, 4.69) is 15.3 Å². The number of nitrogens with one attached hydrogen (secondary N) is 1. The Morgan fingerprint density at radius 1 is 1.17 bits per heavy atom. The number of ether oxygens (including phenoxy) is 2. The fourth-order valence-electron chi connectivity index (χ4n) is 3.23. The molecule has 0 atom stereocenters. The van der Waals surface area contributed by atoms with Crippen molar-refractivity contribution in [3.63, 3.8) is 0 Å². The molecule has 0 radical (unpaired) electrons. The summed E-state index contributed by atoms with van der Waals surface area (Å²) in [4.78, 5) is 22.8. The van der Waals surface area contributed by atoms with E-state index in [1.807, 2.05) is 0 Å². The normalized spacial score (nSPS) is 13.3. The van der Waals surface area contributed by atoms with Gasteiger partial charge in [-0.3, -0.25) is 10.2 Å².